The molecule has 0 spiro atoms. The number of fused-ring (bicyclic) bond motifs is 1. The summed E-state index contributed by atoms with van der Waals surface area (Å²) in [6.07, 6.45) is 3.49. The normalized spacial score (nSPS) is 11.1. The van der Waals surface area contributed by atoms with Gasteiger partial charge in [0.05, 0.1) is 6.07 Å². The SMILES string of the molecule is C=NN/C=C(\C)c1ccc(Nc2ccnc(-c3ccc4cc(C(=O)N(C)CC#N)[nH]c4c3)n2)cc1. The molecule has 0 saturated heterocycles. The van der Waals surface area contributed by atoms with Crippen molar-refractivity contribution in [2.24, 2.45) is 5.10 Å². The molecule has 3 N–H and O–H groups in total. The lowest BCUT2D eigenvalue weighted by molar-refractivity contribution is 0.0807. The van der Waals surface area contributed by atoms with Crippen LogP contribution in [0, 0.1) is 11.3 Å². The number of nitrogens with one attached hydrogen (secondary N) is 3. The predicted molar refractivity (Wildman–Crippen MR) is 138 cm³/mol. The van der Waals surface area contributed by atoms with Crippen molar-refractivity contribution < 1.29 is 4.79 Å². The fraction of sp³-hybridized carbons (Fsp3) is 0.115. The molecule has 0 radical (unpaired) electrons. The molecule has 0 bridgehead atoms. The number of H-pyrrole nitrogens is 1. The number of nitriles is 1. The summed E-state index contributed by atoms with van der Waals surface area (Å²) < 4.78 is 0. The Morgan fingerprint density at radius 3 is 2.77 bits per heavy atom. The van der Waals surface area contributed by atoms with Crippen LogP contribution in [0.5, 0.6) is 0 Å². The van der Waals surface area contributed by atoms with Crippen molar-refractivity contribution in [1.29, 1.82) is 5.26 Å². The maximum absolute atomic E-state index is 12.5. The Bertz CT molecular complexity index is 1450. The quantitative estimate of drug-likeness (QED) is 0.200. The standard InChI is InChI=1S/C26H24N8O/c1-17(16-30-28-2)18-6-8-21(9-7-18)31-24-10-12-29-25(33-24)20-5-4-19-14-23(32-22(19)15-20)26(35)34(3)13-11-27/h4-10,12,14-16,30,32H,2,13H2,1,3H3,(H,29,31,33)/b17-16+. The number of carbonyl (C=O) groups excluding carboxylic acids is 1. The Kier molecular flexibility index (Phi) is 6.83. The molecule has 174 valence electrons. The van der Waals surface area contributed by atoms with E-state index in [9.17, 15) is 4.79 Å². The van der Waals surface area contributed by atoms with Gasteiger partial charge in [-0.25, -0.2) is 9.97 Å². The van der Waals surface area contributed by atoms with Gasteiger partial charge in [0.1, 0.15) is 18.1 Å². The number of amides is 1. The van der Waals surface area contributed by atoms with Crippen LogP contribution in [0.1, 0.15) is 23.0 Å². The van der Waals surface area contributed by atoms with Crippen LogP contribution in [-0.2, 0) is 0 Å². The third kappa shape index (κ3) is 5.34. The fourth-order valence-corrected chi connectivity index (χ4v) is 3.52. The summed E-state index contributed by atoms with van der Waals surface area (Å²) in [5, 5.41) is 16.6. The molecule has 4 rings (SSSR count). The highest BCUT2D eigenvalue weighted by Crippen LogP contribution is 2.25. The van der Waals surface area contributed by atoms with Crippen LogP contribution in [0.3, 0.4) is 0 Å². The van der Waals surface area contributed by atoms with Gasteiger partial charge in [-0.2, -0.15) is 10.4 Å². The van der Waals surface area contributed by atoms with E-state index >= 15 is 0 Å². The van der Waals surface area contributed by atoms with E-state index in [0.29, 0.717) is 17.3 Å². The Balaban J connectivity index is 1.53. The number of rotatable bonds is 8. The van der Waals surface area contributed by atoms with Gasteiger partial charge in [-0.3, -0.25) is 10.2 Å². The number of anilines is 2. The lowest BCUT2D eigenvalue weighted by Crippen LogP contribution is -2.27. The van der Waals surface area contributed by atoms with E-state index in [0.717, 1.165) is 33.3 Å². The van der Waals surface area contributed by atoms with Crippen molar-refractivity contribution in [2.45, 2.75) is 6.92 Å². The molecule has 35 heavy (non-hydrogen) atoms. The third-order valence-electron chi connectivity index (χ3n) is 5.41. The van der Waals surface area contributed by atoms with Gasteiger partial charge in [0, 0.05) is 48.3 Å². The average Bonchev–Trinajstić information content (AvgIpc) is 3.31. The highest BCUT2D eigenvalue weighted by atomic mass is 16.2. The highest BCUT2D eigenvalue weighted by Gasteiger charge is 2.15. The van der Waals surface area contributed by atoms with E-state index < -0.39 is 0 Å². The van der Waals surface area contributed by atoms with E-state index in [2.05, 4.69) is 37.5 Å². The van der Waals surface area contributed by atoms with E-state index in [-0.39, 0.29) is 12.5 Å². The molecule has 2 heterocycles. The van der Waals surface area contributed by atoms with E-state index in [1.54, 1.807) is 31.6 Å². The molecule has 2 aromatic carbocycles. The average molecular weight is 465 g/mol. The summed E-state index contributed by atoms with van der Waals surface area (Å²) in [6.45, 7) is 5.41. The van der Waals surface area contributed by atoms with Gasteiger partial charge in [0.25, 0.3) is 5.91 Å². The van der Waals surface area contributed by atoms with E-state index in [1.165, 1.54) is 4.90 Å². The van der Waals surface area contributed by atoms with E-state index in [4.69, 9.17) is 5.26 Å². The molecule has 0 fully saturated rings. The first-order valence-electron chi connectivity index (χ1n) is 10.8. The molecule has 0 saturated carbocycles. The molecular weight excluding hydrogens is 440 g/mol. The Labute approximate surface area is 202 Å². The molecule has 1 amide bonds. The van der Waals surface area contributed by atoms with Crippen molar-refractivity contribution in [1.82, 2.24) is 25.3 Å². The highest BCUT2D eigenvalue weighted by molar-refractivity contribution is 5.98. The number of carbonyl (C=O) groups is 1. The Morgan fingerprint density at radius 1 is 1.23 bits per heavy atom. The minimum Gasteiger partial charge on any atom is -0.351 e. The topological polar surface area (TPSA) is 122 Å². The summed E-state index contributed by atoms with van der Waals surface area (Å²) in [6, 6.07) is 19.3. The van der Waals surface area contributed by atoms with Crippen molar-refractivity contribution >= 4 is 40.6 Å². The third-order valence-corrected chi connectivity index (χ3v) is 5.41. The van der Waals surface area contributed by atoms with Gasteiger partial charge in [-0.1, -0.05) is 24.3 Å². The molecule has 0 unspecified atom stereocenters. The van der Waals surface area contributed by atoms with Crippen molar-refractivity contribution in [3.8, 4) is 17.5 Å². The fourth-order valence-electron chi connectivity index (χ4n) is 3.52. The zero-order valence-corrected chi connectivity index (χ0v) is 19.4. The van der Waals surface area contributed by atoms with Gasteiger partial charge in [-0.05, 0) is 48.4 Å². The number of hydrogen-bond acceptors (Lipinski definition) is 7. The van der Waals surface area contributed by atoms with E-state index in [1.807, 2.05) is 55.5 Å². The summed E-state index contributed by atoms with van der Waals surface area (Å²) >= 11 is 0. The van der Waals surface area contributed by atoms with Crippen LogP contribution in [0.2, 0.25) is 0 Å². The van der Waals surface area contributed by atoms with Gasteiger partial charge < -0.3 is 15.2 Å². The minimum atomic E-state index is -0.239. The van der Waals surface area contributed by atoms with Gasteiger partial charge in [0.2, 0.25) is 0 Å². The number of aromatic nitrogens is 3. The number of hydrogen-bond donors (Lipinski definition) is 3. The van der Waals surface area contributed by atoms with Gasteiger partial charge >= 0.3 is 0 Å². The number of hydrazone groups is 1. The lowest BCUT2D eigenvalue weighted by atomic mass is 10.1. The van der Waals surface area contributed by atoms with Crippen LogP contribution in [0.25, 0.3) is 27.9 Å². The van der Waals surface area contributed by atoms with Crippen LogP contribution < -0.4 is 10.7 Å². The maximum Gasteiger partial charge on any atom is 0.270 e. The molecular formula is C26H24N8O. The smallest absolute Gasteiger partial charge is 0.270 e. The van der Waals surface area contributed by atoms with Gasteiger partial charge in [-0.15, -0.1) is 0 Å². The van der Waals surface area contributed by atoms with Crippen molar-refractivity contribution in [3.63, 3.8) is 0 Å². The molecule has 2 aromatic heterocycles. The molecule has 0 atom stereocenters. The van der Waals surface area contributed by atoms with Crippen molar-refractivity contribution in [3.05, 3.63) is 78.3 Å². The van der Waals surface area contributed by atoms with Crippen molar-refractivity contribution in [2.75, 3.05) is 18.9 Å². The molecule has 0 aliphatic rings. The summed E-state index contributed by atoms with van der Waals surface area (Å²) in [5.41, 5.74) is 7.76. The minimum absolute atomic E-state index is 0.0239. The number of allylic oxidation sites excluding steroid dienone is 1. The summed E-state index contributed by atoms with van der Waals surface area (Å²) in [5.74, 6) is 0.976. The zero-order valence-electron chi connectivity index (χ0n) is 19.4. The molecule has 9 heteroatoms. The molecule has 4 aromatic rings. The lowest BCUT2D eigenvalue weighted by Gasteiger charge is -2.10. The van der Waals surface area contributed by atoms with Crippen LogP contribution in [-0.4, -0.2) is 46.1 Å². The zero-order chi connectivity index (χ0) is 24.8. The van der Waals surface area contributed by atoms with Crippen LogP contribution in [0.15, 0.2) is 72.1 Å². The van der Waals surface area contributed by atoms with Crippen LogP contribution >= 0.6 is 0 Å². The molecule has 9 nitrogen and oxygen atoms in total. The first-order valence-corrected chi connectivity index (χ1v) is 10.8. The Morgan fingerprint density at radius 2 is 2.03 bits per heavy atom. The summed E-state index contributed by atoms with van der Waals surface area (Å²) in [7, 11) is 1.60. The second-order valence-electron chi connectivity index (χ2n) is 7.89. The number of nitrogens with zero attached hydrogens (tertiary/aromatic N) is 5. The molecule has 0 aliphatic carbocycles. The first-order chi connectivity index (χ1) is 17.0. The number of aromatic amines is 1. The second-order valence-corrected chi connectivity index (χ2v) is 7.89. The predicted octanol–water partition coefficient (Wildman–Crippen LogP) is 4.53. The second kappa shape index (κ2) is 10.3. The maximum atomic E-state index is 12.5. The Hall–Kier alpha value is -4.97. The van der Waals surface area contributed by atoms with Crippen LogP contribution in [0.4, 0.5) is 11.5 Å². The number of benzene rings is 2. The largest absolute Gasteiger partial charge is 0.351 e. The van der Waals surface area contributed by atoms with Gasteiger partial charge in [0.15, 0.2) is 5.82 Å². The summed E-state index contributed by atoms with van der Waals surface area (Å²) in [4.78, 5) is 26.0. The molecule has 0 aliphatic heterocycles. The first kappa shape index (κ1) is 23.2. The monoisotopic (exact) mass is 464 g/mol.